The fraction of sp³-hybridized carbons (Fsp3) is 0.481. The van der Waals surface area contributed by atoms with Gasteiger partial charge in [0.2, 0.25) is 0 Å². The molecule has 33 heavy (non-hydrogen) atoms. The molecule has 1 aliphatic heterocycles. The molecule has 0 radical (unpaired) electrons. The summed E-state index contributed by atoms with van der Waals surface area (Å²) in [4.78, 5) is 26.2. The van der Waals surface area contributed by atoms with Gasteiger partial charge in [-0.1, -0.05) is 6.07 Å². The van der Waals surface area contributed by atoms with Gasteiger partial charge < -0.3 is 19.1 Å². The fourth-order valence-electron chi connectivity index (χ4n) is 4.69. The zero-order chi connectivity index (χ0) is 23.6. The second kappa shape index (κ2) is 9.65. The van der Waals surface area contributed by atoms with E-state index in [1.807, 2.05) is 37.3 Å². The molecule has 6 nitrogen and oxygen atoms in total. The van der Waals surface area contributed by atoms with E-state index < -0.39 is 5.60 Å². The first kappa shape index (κ1) is 23.5. The Hall–Kier alpha value is -2.70. The maximum absolute atomic E-state index is 12.4. The van der Waals surface area contributed by atoms with Gasteiger partial charge in [0.1, 0.15) is 29.5 Å². The fourth-order valence-corrected chi connectivity index (χ4v) is 4.69. The van der Waals surface area contributed by atoms with E-state index in [-0.39, 0.29) is 17.5 Å². The number of piperidine rings is 1. The quantitative estimate of drug-likeness (QED) is 0.501. The lowest BCUT2D eigenvalue weighted by molar-refractivity contribution is -0.119. The molecule has 4 rings (SSSR count). The van der Waals surface area contributed by atoms with Crippen molar-refractivity contribution >= 4 is 33.3 Å². The highest BCUT2D eigenvalue weighted by molar-refractivity contribution is 6.09. The minimum absolute atomic E-state index is 0.0372. The van der Waals surface area contributed by atoms with E-state index in [0.717, 1.165) is 65.5 Å². The van der Waals surface area contributed by atoms with Crippen LogP contribution in [-0.2, 0) is 9.59 Å². The summed E-state index contributed by atoms with van der Waals surface area (Å²) in [5.41, 5.74) is 1.04. The number of nitrogens with zero attached hydrogens (tertiary/aromatic N) is 1. The lowest BCUT2D eigenvalue weighted by atomic mass is 9.88. The summed E-state index contributed by atoms with van der Waals surface area (Å²) in [7, 11) is 0. The van der Waals surface area contributed by atoms with Crippen LogP contribution in [0.25, 0.3) is 21.7 Å². The molecule has 1 saturated heterocycles. The first-order valence-corrected chi connectivity index (χ1v) is 11.7. The molecule has 1 atom stereocenters. The average Bonchev–Trinajstić information content (AvgIpc) is 3.19. The number of benzene rings is 2. The van der Waals surface area contributed by atoms with E-state index in [9.17, 15) is 14.7 Å². The van der Waals surface area contributed by atoms with Gasteiger partial charge in [-0.2, -0.15) is 0 Å². The number of carbonyl (C=O) groups is 2. The van der Waals surface area contributed by atoms with Crippen molar-refractivity contribution in [1.82, 2.24) is 4.90 Å². The monoisotopic (exact) mass is 451 g/mol. The number of Topliss-reactive ketones (excluding diaryl/α,β-unsaturated/α-hetero) is 2. The van der Waals surface area contributed by atoms with Gasteiger partial charge in [0.25, 0.3) is 0 Å². The molecule has 6 heteroatoms. The van der Waals surface area contributed by atoms with Crippen molar-refractivity contribution in [1.29, 1.82) is 0 Å². The molecule has 0 aliphatic carbocycles. The Balaban J connectivity index is 1.51. The van der Waals surface area contributed by atoms with Gasteiger partial charge in [-0.3, -0.25) is 9.69 Å². The zero-order valence-electron chi connectivity index (χ0n) is 19.7. The van der Waals surface area contributed by atoms with Crippen molar-refractivity contribution in [3.8, 4) is 5.75 Å². The third-order valence-electron chi connectivity index (χ3n) is 6.82. The van der Waals surface area contributed by atoms with Crippen LogP contribution in [0.1, 0.15) is 57.9 Å². The highest BCUT2D eigenvalue weighted by Gasteiger charge is 2.27. The molecule has 1 unspecified atom stereocenters. The number of aliphatic hydroxyl groups is 1. The van der Waals surface area contributed by atoms with Crippen molar-refractivity contribution in [3.63, 3.8) is 0 Å². The normalized spacial score (nSPS) is 17.3. The molecule has 176 valence electrons. The van der Waals surface area contributed by atoms with Crippen LogP contribution in [0.2, 0.25) is 0 Å². The Bertz CT molecular complexity index is 1150. The van der Waals surface area contributed by atoms with Crippen LogP contribution in [0.5, 0.6) is 5.75 Å². The van der Waals surface area contributed by atoms with E-state index in [1.54, 1.807) is 20.1 Å². The molecule has 2 aromatic carbocycles. The molecule has 1 aliphatic rings. The van der Waals surface area contributed by atoms with E-state index in [0.29, 0.717) is 19.4 Å². The van der Waals surface area contributed by atoms with Crippen molar-refractivity contribution in [2.75, 3.05) is 26.2 Å². The van der Waals surface area contributed by atoms with Gasteiger partial charge >= 0.3 is 0 Å². The molecule has 0 spiro atoms. The number of ether oxygens (including phenoxy) is 1. The molecular weight excluding hydrogens is 418 g/mol. The first-order valence-electron chi connectivity index (χ1n) is 11.7. The number of likely N-dealkylation sites (tertiary alicyclic amines) is 1. The third kappa shape index (κ3) is 5.45. The Kier molecular flexibility index (Phi) is 6.86. The predicted octanol–water partition coefficient (Wildman–Crippen LogP) is 4.85. The Morgan fingerprint density at radius 2 is 1.94 bits per heavy atom. The van der Waals surface area contributed by atoms with Crippen LogP contribution in [0.3, 0.4) is 0 Å². The number of fused-ring (bicyclic) bond motifs is 3. The molecule has 1 fully saturated rings. The Morgan fingerprint density at radius 3 is 2.64 bits per heavy atom. The summed E-state index contributed by atoms with van der Waals surface area (Å²) in [5, 5.41) is 13.1. The molecule has 0 saturated carbocycles. The second-order valence-electron chi connectivity index (χ2n) is 9.60. The Labute approximate surface area is 194 Å². The van der Waals surface area contributed by atoms with Crippen molar-refractivity contribution < 1.29 is 23.8 Å². The number of furan rings is 1. The minimum Gasteiger partial charge on any atom is -0.492 e. The average molecular weight is 452 g/mol. The highest BCUT2D eigenvalue weighted by Crippen LogP contribution is 2.37. The minimum atomic E-state index is -0.541. The molecule has 0 amide bonds. The predicted molar refractivity (Wildman–Crippen MR) is 129 cm³/mol. The SMILES string of the molecule is CC(=O)CCC(C(C)=O)c1coc2ccc3cc(OCCN4CCC(C)(O)CC4)ccc3c12. The lowest BCUT2D eigenvalue weighted by Gasteiger charge is -2.35. The van der Waals surface area contributed by atoms with E-state index in [1.165, 1.54) is 0 Å². The summed E-state index contributed by atoms with van der Waals surface area (Å²) < 4.78 is 11.8. The molecule has 3 aromatic rings. The molecule has 1 aromatic heterocycles. The van der Waals surface area contributed by atoms with Gasteiger partial charge in [-0.05, 0) is 75.1 Å². The molecule has 1 N–H and O–H groups in total. The maximum Gasteiger partial charge on any atom is 0.137 e. The van der Waals surface area contributed by atoms with Crippen molar-refractivity contribution in [2.24, 2.45) is 0 Å². The van der Waals surface area contributed by atoms with Crippen LogP contribution in [0, 0.1) is 0 Å². The number of hydrogen-bond donors (Lipinski definition) is 1. The van der Waals surface area contributed by atoms with Gasteiger partial charge in [-0.25, -0.2) is 0 Å². The number of rotatable bonds is 9. The molecule has 2 heterocycles. The smallest absolute Gasteiger partial charge is 0.137 e. The number of ketones is 2. The summed E-state index contributed by atoms with van der Waals surface area (Å²) in [6, 6.07) is 9.92. The summed E-state index contributed by atoms with van der Waals surface area (Å²) in [6.07, 6.45) is 4.10. The Morgan fingerprint density at radius 1 is 1.18 bits per heavy atom. The van der Waals surface area contributed by atoms with Gasteiger partial charge in [-0.15, -0.1) is 0 Å². The van der Waals surface area contributed by atoms with Crippen LogP contribution >= 0.6 is 0 Å². The van der Waals surface area contributed by atoms with Gasteiger partial charge in [0.15, 0.2) is 0 Å². The third-order valence-corrected chi connectivity index (χ3v) is 6.82. The number of hydrogen-bond acceptors (Lipinski definition) is 6. The summed E-state index contributed by atoms with van der Waals surface area (Å²) in [6.45, 7) is 8.22. The van der Waals surface area contributed by atoms with Crippen molar-refractivity contribution in [2.45, 2.75) is 58.0 Å². The highest BCUT2D eigenvalue weighted by atomic mass is 16.5. The second-order valence-corrected chi connectivity index (χ2v) is 9.60. The molecular formula is C27H33NO5. The lowest BCUT2D eigenvalue weighted by Crippen LogP contribution is -2.43. The number of carbonyl (C=O) groups excluding carboxylic acids is 2. The van der Waals surface area contributed by atoms with Crippen LogP contribution < -0.4 is 4.74 Å². The van der Waals surface area contributed by atoms with E-state index in [4.69, 9.17) is 9.15 Å². The van der Waals surface area contributed by atoms with Gasteiger partial charge in [0, 0.05) is 42.9 Å². The van der Waals surface area contributed by atoms with Gasteiger partial charge in [0.05, 0.1) is 11.9 Å². The first-order chi connectivity index (χ1) is 15.7. The topological polar surface area (TPSA) is 80.0 Å². The van der Waals surface area contributed by atoms with Crippen LogP contribution in [-0.4, -0.2) is 53.4 Å². The van der Waals surface area contributed by atoms with Crippen LogP contribution in [0.15, 0.2) is 41.0 Å². The van der Waals surface area contributed by atoms with E-state index in [2.05, 4.69) is 4.90 Å². The van der Waals surface area contributed by atoms with Crippen molar-refractivity contribution in [3.05, 3.63) is 42.2 Å². The summed E-state index contributed by atoms with van der Waals surface area (Å²) >= 11 is 0. The molecule has 0 bridgehead atoms. The maximum atomic E-state index is 12.4. The van der Waals surface area contributed by atoms with E-state index >= 15 is 0 Å². The standard InChI is InChI=1S/C27H33NO5/c1-18(29)4-7-22(19(2)30)24-17-33-25-9-5-20-16-21(6-8-23(20)26(24)25)32-15-14-28-12-10-27(3,31)11-13-28/h5-6,8-9,16-17,22,31H,4,7,10-15H2,1-3H3. The van der Waals surface area contributed by atoms with Crippen LogP contribution in [0.4, 0.5) is 0 Å². The largest absolute Gasteiger partial charge is 0.492 e. The zero-order valence-corrected chi connectivity index (χ0v) is 19.7. The summed E-state index contributed by atoms with van der Waals surface area (Å²) in [5.74, 6) is 0.559.